The lowest BCUT2D eigenvalue weighted by Crippen LogP contribution is -2.47. The average Bonchev–Trinajstić information content (AvgIpc) is 2.32. The van der Waals surface area contributed by atoms with Gasteiger partial charge in [-0.25, -0.2) is 9.59 Å². The lowest BCUT2D eigenvalue weighted by Gasteiger charge is -2.24. The van der Waals surface area contributed by atoms with Crippen LogP contribution in [0.3, 0.4) is 0 Å². The third-order valence-corrected chi connectivity index (χ3v) is 3.01. The van der Waals surface area contributed by atoms with Crippen molar-refractivity contribution in [1.29, 1.82) is 0 Å². The third-order valence-electron chi connectivity index (χ3n) is 3.01. The molecule has 5 heteroatoms. The molecule has 1 atom stereocenters. The topological polar surface area (TPSA) is 64.6 Å². The Morgan fingerprint density at radius 1 is 1.05 bits per heavy atom. The van der Waals surface area contributed by atoms with E-state index in [9.17, 15) is 9.59 Å². The second-order valence-electron chi connectivity index (χ2n) is 7.43. The van der Waals surface area contributed by atoms with Gasteiger partial charge in [-0.15, -0.1) is 0 Å². The first-order valence-electron chi connectivity index (χ1n) is 8.19. The van der Waals surface area contributed by atoms with E-state index < -0.39 is 23.7 Å². The maximum Gasteiger partial charge on any atom is 0.408 e. The lowest BCUT2D eigenvalue weighted by atomic mass is 10.0. The minimum absolute atomic E-state index is 0.0596. The molecule has 0 rings (SSSR count). The van der Waals surface area contributed by atoms with Crippen molar-refractivity contribution in [3.63, 3.8) is 0 Å². The molecule has 0 aromatic carbocycles. The fourth-order valence-electron chi connectivity index (χ4n) is 1.85. The monoisotopic (exact) mass is 315 g/mol. The molecule has 0 aliphatic heterocycles. The molecule has 0 spiro atoms. The van der Waals surface area contributed by atoms with Crippen LogP contribution >= 0.6 is 0 Å². The summed E-state index contributed by atoms with van der Waals surface area (Å²) in [7, 11) is 0. The summed E-state index contributed by atoms with van der Waals surface area (Å²) in [6.45, 7) is 13.8. The number of rotatable bonds is 8. The van der Waals surface area contributed by atoms with E-state index >= 15 is 0 Å². The van der Waals surface area contributed by atoms with Crippen LogP contribution in [0.4, 0.5) is 4.79 Å². The molecule has 0 saturated carbocycles. The summed E-state index contributed by atoms with van der Waals surface area (Å²) in [5.74, 6) is 0.203. The van der Waals surface area contributed by atoms with Gasteiger partial charge in [-0.1, -0.05) is 34.1 Å². The van der Waals surface area contributed by atoms with Crippen molar-refractivity contribution >= 4 is 12.1 Å². The number of nitrogens with one attached hydrogen (secondary N) is 1. The summed E-state index contributed by atoms with van der Waals surface area (Å²) >= 11 is 0. The first-order chi connectivity index (χ1) is 10.0. The van der Waals surface area contributed by atoms with Gasteiger partial charge in [0.2, 0.25) is 0 Å². The summed E-state index contributed by atoms with van der Waals surface area (Å²) in [4.78, 5) is 23.9. The smallest absolute Gasteiger partial charge is 0.408 e. The molecule has 0 aromatic rings. The van der Waals surface area contributed by atoms with Gasteiger partial charge >= 0.3 is 12.1 Å². The zero-order chi connectivity index (χ0) is 17.3. The number of hydrogen-bond acceptors (Lipinski definition) is 4. The van der Waals surface area contributed by atoms with Crippen LogP contribution in [-0.4, -0.2) is 30.3 Å². The van der Waals surface area contributed by atoms with E-state index in [0.717, 1.165) is 19.3 Å². The predicted octanol–water partition coefficient (Wildman–Crippen LogP) is 3.91. The normalized spacial score (nSPS) is 13.1. The Kier molecular flexibility index (Phi) is 9.14. The van der Waals surface area contributed by atoms with Gasteiger partial charge in [-0.3, -0.25) is 0 Å². The molecule has 1 amide bonds. The molecule has 1 N–H and O–H groups in total. The fraction of sp³-hybridized carbons (Fsp3) is 0.882. The summed E-state index contributed by atoms with van der Waals surface area (Å²) in [6, 6.07) is -0.681. The van der Waals surface area contributed by atoms with E-state index in [1.54, 1.807) is 20.8 Å². The summed E-state index contributed by atoms with van der Waals surface area (Å²) < 4.78 is 10.4. The van der Waals surface area contributed by atoms with Gasteiger partial charge in [0.25, 0.3) is 0 Å². The van der Waals surface area contributed by atoms with Gasteiger partial charge in [0.05, 0.1) is 6.61 Å². The molecule has 0 aliphatic carbocycles. The molecule has 22 heavy (non-hydrogen) atoms. The number of carbonyl (C=O) groups excluding carboxylic acids is 2. The quantitative estimate of drug-likeness (QED) is 0.545. The molecule has 5 nitrogen and oxygen atoms in total. The number of ether oxygens (including phenoxy) is 2. The Bertz CT molecular complexity index is 345. The number of unbranched alkanes of at least 4 members (excludes halogenated alkanes) is 1. The number of hydrogen-bond donors (Lipinski definition) is 1. The van der Waals surface area contributed by atoms with Crippen LogP contribution in [0.25, 0.3) is 0 Å². The van der Waals surface area contributed by atoms with Crippen molar-refractivity contribution in [2.75, 3.05) is 6.61 Å². The van der Waals surface area contributed by atoms with E-state index in [2.05, 4.69) is 19.2 Å². The van der Waals surface area contributed by atoms with Crippen molar-refractivity contribution in [1.82, 2.24) is 5.32 Å². The van der Waals surface area contributed by atoms with Crippen LogP contribution in [0.5, 0.6) is 0 Å². The van der Waals surface area contributed by atoms with Gasteiger partial charge < -0.3 is 14.8 Å². The molecule has 0 saturated heterocycles. The van der Waals surface area contributed by atoms with E-state index in [1.807, 2.05) is 13.8 Å². The Labute approximate surface area is 135 Å². The van der Waals surface area contributed by atoms with E-state index in [4.69, 9.17) is 9.47 Å². The molecule has 0 unspecified atom stereocenters. The number of esters is 1. The molecule has 0 aliphatic rings. The van der Waals surface area contributed by atoms with Crippen molar-refractivity contribution in [2.45, 2.75) is 79.4 Å². The molecule has 0 radical (unpaired) electrons. The molecule has 0 fully saturated rings. The third kappa shape index (κ3) is 10.5. The first kappa shape index (κ1) is 20.7. The van der Waals surface area contributed by atoms with Crippen molar-refractivity contribution in [3.05, 3.63) is 0 Å². The second-order valence-corrected chi connectivity index (χ2v) is 7.43. The maximum absolute atomic E-state index is 12.1. The first-order valence-corrected chi connectivity index (χ1v) is 8.19. The van der Waals surface area contributed by atoms with E-state index in [1.165, 1.54) is 0 Å². The van der Waals surface area contributed by atoms with Crippen LogP contribution in [0, 0.1) is 11.8 Å². The highest BCUT2D eigenvalue weighted by molar-refractivity contribution is 5.81. The predicted molar refractivity (Wildman–Crippen MR) is 87.6 cm³/mol. The number of alkyl carbamates (subject to hydrolysis) is 1. The molecule has 0 heterocycles. The zero-order valence-corrected chi connectivity index (χ0v) is 15.2. The summed E-state index contributed by atoms with van der Waals surface area (Å²) in [5, 5.41) is 2.60. The maximum atomic E-state index is 12.1. The Hall–Kier alpha value is -1.26. The minimum Gasteiger partial charge on any atom is -0.464 e. The number of carbonyl (C=O) groups is 2. The highest BCUT2D eigenvalue weighted by Gasteiger charge is 2.27. The van der Waals surface area contributed by atoms with Gasteiger partial charge in [0.15, 0.2) is 0 Å². The molecule has 0 aromatic heterocycles. The van der Waals surface area contributed by atoms with Crippen LogP contribution in [0.15, 0.2) is 0 Å². The molecule has 0 bridgehead atoms. The summed E-state index contributed by atoms with van der Waals surface area (Å²) in [5.41, 5.74) is -0.591. The Balaban J connectivity index is 4.26. The van der Waals surface area contributed by atoms with Gasteiger partial charge in [0, 0.05) is 0 Å². The van der Waals surface area contributed by atoms with Gasteiger partial charge in [-0.2, -0.15) is 0 Å². The van der Waals surface area contributed by atoms with Crippen molar-refractivity contribution < 1.29 is 19.1 Å². The fourth-order valence-corrected chi connectivity index (χ4v) is 1.85. The van der Waals surface area contributed by atoms with E-state index in [0.29, 0.717) is 12.5 Å². The van der Waals surface area contributed by atoms with Crippen LogP contribution in [0.1, 0.15) is 67.7 Å². The van der Waals surface area contributed by atoms with Crippen LogP contribution in [0.2, 0.25) is 0 Å². The molecule has 130 valence electrons. The molecular formula is C17H33NO4. The zero-order valence-electron chi connectivity index (χ0n) is 15.2. The standard InChI is InChI=1S/C17H33NO4/c1-12(2)10-8-9-11-21-15(19)14(13(3)4)18-16(20)22-17(5,6)7/h12-14H,8-11H2,1-7H3,(H,18,20)/t14-/m0/s1. The second kappa shape index (κ2) is 9.70. The van der Waals surface area contributed by atoms with Crippen molar-refractivity contribution in [2.24, 2.45) is 11.8 Å². The Morgan fingerprint density at radius 3 is 2.09 bits per heavy atom. The largest absolute Gasteiger partial charge is 0.464 e. The SMILES string of the molecule is CC(C)CCCCOC(=O)[C@@H](NC(=O)OC(C)(C)C)C(C)C. The van der Waals surface area contributed by atoms with Gasteiger partial charge in [0.1, 0.15) is 11.6 Å². The van der Waals surface area contributed by atoms with E-state index in [-0.39, 0.29) is 5.92 Å². The van der Waals surface area contributed by atoms with Crippen LogP contribution < -0.4 is 5.32 Å². The minimum atomic E-state index is -0.681. The molecular weight excluding hydrogens is 282 g/mol. The highest BCUT2D eigenvalue weighted by atomic mass is 16.6. The Morgan fingerprint density at radius 2 is 1.64 bits per heavy atom. The van der Waals surface area contributed by atoms with Gasteiger partial charge in [-0.05, 0) is 45.4 Å². The average molecular weight is 315 g/mol. The summed E-state index contributed by atoms with van der Waals surface area (Å²) in [6.07, 6.45) is 2.42. The van der Waals surface area contributed by atoms with Crippen molar-refractivity contribution in [3.8, 4) is 0 Å². The van der Waals surface area contributed by atoms with Crippen LogP contribution in [-0.2, 0) is 14.3 Å². The number of amides is 1. The highest BCUT2D eigenvalue weighted by Crippen LogP contribution is 2.10. The lowest BCUT2D eigenvalue weighted by molar-refractivity contribution is -0.147.